The Morgan fingerprint density at radius 1 is 0.818 bits per heavy atom. The molecular weight excluding hydrogens is 272 g/mol. The molecule has 0 aromatic carbocycles. The van der Waals surface area contributed by atoms with Crippen molar-refractivity contribution in [3.8, 4) is 0 Å². The van der Waals surface area contributed by atoms with Gasteiger partial charge in [-0.25, -0.2) is 4.79 Å². The fourth-order valence-corrected chi connectivity index (χ4v) is 7.05. The average molecular weight is 302 g/mol. The summed E-state index contributed by atoms with van der Waals surface area (Å²) >= 11 is 0. The average Bonchev–Trinajstić information content (AvgIpc) is 2.89. The quantitative estimate of drug-likeness (QED) is 0.827. The van der Waals surface area contributed by atoms with Gasteiger partial charge in [0.25, 0.3) is 0 Å². The molecule has 5 aliphatic carbocycles. The molecule has 1 N–H and O–H groups in total. The lowest BCUT2D eigenvalue weighted by atomic mass is 9.54. The third-order valence-electron chi connectivity index (χ3n) is 7.72. The molecule has 0 aromatic rings. The van der Waals surface area contributed by atoms with Crippen molar-refractivity contribution < 1.29 is 4.79 Å². The van der Waals surface area contributed by atoms with Crippen molar-refractivity contribution in [3.05, 3.63) is 0 Å². The van der Waals surface area contributed by atoms with Crippen LogP contribution in [0.4, 0.5) is 4.79 Å². The van der Waals surface area contributed by atoms with Crippen LogP contribution < -0.4 is 5.32 Å². The van der Waals surface area contributed by atoms with Crippen molar-refractivity contribution in [2.75, 3.05) is 6.54 Å². The lowest BCUT2D eigenvalue weighted by Gasteiger charge is -2.56. The van der Waals surface area contributed by atoms with Gasteiger partial charge in [-0.1, -0.05) is 19.3 Å². The van der Waals surface area contributed by atoms with Gasteiger partial charge < -0.3 is 10.2 Å². The van der Waals surface area contributed by atoms with Gasteiger partial charge in [-0.05, 0) is 74.5 Å². The van der Waals surface area contributed by atoms with E-state index in [9.17, 15) is 4.79 Å². The van der Waals surface area contributed by atoms with E-state index in [1.165, 1.54) is 64.2 Å². The maximum absolute atomic E-state index is 12.7. The minimum Gasteiger partial charge on any atom is -0.333 e. The number of nitrogens with one attached hydrogen (secondary N) is 1. The van der Waals surface area contributed by atoms with Crippen molar-refractivity contribution in [2.45, 2.75) is 76.3 Å². The van der Waals surface area contributed by atoms with Crippen molar-refractivity contribution >= 4 is 6.03 Å². The third kappa shape index (κ3) is 2.11. The van der Waals surface area contributed by atoms with Gasteiger partial charge in [0.05, 0.1) is 6.04 Å². The lowest BCUT2D eigenvalue weighted by molar-refractivity contribution is -0.0476. The molecule has 1 saturated heterocycles. The maximum atomic E-state index is 12.7. The van der Waals surface area contributed by atoms with Crippen LogP contribution in [0.2, 0.25) is 0 Å². The fraction of sp³-hybridized carbons (Fsp3) is 0.947. The van der Waals surface area contributed by atoms with E-state index in [0.29, 0.717) is 12.1 Å². The fourth-order valence-electron chi connectivity index (χ4n) is 7.05. The van der Waals surface area contributed by atoms with Gasteiger partial charge in [-0.2, -0.15) is 0 Å². The van der Waals surface area contributed by atoms with E-state index in [-0.39, 0.29) is 6.03 Å². The van der Waals surface area contributed by atoms with Crippen molar-refractivity contribution in [3.63, 3.8) is 0 Å². The first-order valence-electron chi connectivity index (χ1n) is 9.85. The predicted molar refractivity (Wildman–Crippen MR) is 86.4 cm³/mol. The van der Waals surface area contributed by atoms with E-state index in [4.69, 9.17) is 0 Å². The molecule has 1 heterocycles. The van der Waals surface area contributed by atoms with Crippen LogP contribution in [0.1, 0.15) is 64.2 Å². The second kappa shape index (κ2) is 5.14. The summed E-state index contributed by atoms with van der Waals surface area (Å²) in [5, 5.41) is 3.37. The first-order chi connectivity index (χ1) is 10.8. The van der Waals surface area contributed by atoms with Crippen LogP contribution in [0.15, 0.2) is 0 Å². The molecular formula is C19H30N2O. The number of carbonyl (C=O) groups excluding carboxylic acids is 1. The predicted octanol–water partition coefficient (Wildman–Crippen LogP) is 3.79. The van der Waals surface area contributed by atoms with E-state index in [0.717, 1.165) is 36.1 Å². The second-order valence-corrected chi connectivity index (χ2v) is 9.03. The molecule has 3 heteroatoms. The summed E-state index contributed by atoms with van der Waals surface area (Å²) in [6, 6.07) is 1.31. The highest BCUT2D eigenvalue weighted by molar-refractivity contribution is 5.77. The van der Waals surface area contributed by atoms with Gasteiger partial charge in [0.1, 0.15) is 0 Å². The number of hydrogen-bond donors (Lipinski definition) is 1. The Bertz CT molecular complexity index is 428. The Labute approximate surface area is 134 Å². The monoisotopic (exact) mass is 302 g/mol. The topological polar surface area (TPSA) is 32.3 Å². The number of nitrogens with zero attached hydrogens (tertiary/aromatic N) is 1. The van der Waals surface area contributed by atoms with E-state index in [1.54, 1.807) is 0 Å². The maximum Gasteiger partial charge on any atom is 0.318 e. The largest absolute Gasteiger partial charge is 0.333 e. The third-order valence-corrected chi connectivity index (χ3v) is 7.72. The molecule has 22 heavy (non-hydrogen) atoms. The van der Waals surface area contributed by atoms with Gasteiger partial charge in [0.15, 0.2) is 0 Å². The van der Waals surface area contributed by atoms with Crippen LogP contribution in [-0.2, 0) is 0 Å². The van der Waals surface area contributed by atoms with Crippen molar-refractivity contribution in [1.29, 1.82) is 0 Å². The highest BCUT2D eigenvalue weighted by Crippen LogP contribution is 2.55. The number of carbonyl (C=O) groups is 1. The Morgan fingerprint density at radius 3 is 2.09 bits per heavy atom. The molecule has 6 aliphatic rings. The zero-order valence-corrected chi connectivity index (χ0v) is 13.7. The summed E-state index contributed by atoms with van der Waals surface area (Å²) in [7, 11) is 0. The van der Waals surface area contributed by atoms with Gasteiger partial charge in [0.2, 0.25) is 0 Å². The Kier molecular flexibility index (Phi) is 3.20. The van der Waals surface area contributed by atoms with Crippen molar-refractivity contribution in [1.82, 2.24) is 10.2 Å². The second-order valence-electron chi connectivity index (χ2n) is 9.03. The molecule has 1 unspecified atom stereocenters. The highest BCUT2D eigenvalue weighted by atomic mass is 16.2. The SMILES string of the molecule is O=C1NC(C2CCCCC2)CN1C1C2CC3CC(C2)CC1C3. The van der Waals surface area contributed by atoms with Gasteiger partial charge in [-0.3, -0.25) is 0 Å². The minimum atomic E-state index is 0.271. The highest BCUT2D eigenvalue weighted by Gasteiger charge is 2.52. The lowest BCUT2D eigenvalue weighted by Crippen LogP contribution is -2.56. The first kappa shape index (κ1) is 13.7. The molecule has 0 radical (unpaired) electrons. The van der Waals surface area contributed by atoms with Crippen LogP contribution in [0.5, 0.6) is 0 Å². The molecule has 6 fully saturated rings. The molecule has 122 valence electrons. The summed E-state index contributed by atoms with van der Waals surface area (Å²) < 4.78 is 0. The first-order valence-corrected chi connectivity index (χ1v) is 9.85. The van der Waals surface area contributed by atoms with E-state index >= 15 is 0 Å². The summed E-state index contributed by atoms with van der Waals surface area (Å²) in [6.07, 6.45) is 14.0. The van der Waals surface area contributed by atoms with Crippen LogP contribution in [0.25, 0.3) is 0 Å². The van der Waals surface area contributed by atoms with Gasteiger partial charge in [0, 0.05) is 12.6 Å². The zero-order chi connectivity index (χ0) is 14.7. The number of hydrogen-bond acceptors (Lipinski definition) is 1. The standard InChI is InChI=1S/C19H30N2O/c22-19-20-17(14-4-2-1-3-5-14)11-21(19)18-15-7-12-6-13(9-15)10-16(18)8-12/h12-18H,1-11H2,(H,20,22). The van der Waals surface area contributed by atoms with Crippen molar-refractivity contribution in [2.24, 2.45) is 29.6 Å². The smallest absolute Gasteiger partial charge is 0.318 e. The summed E-state index contributed by atoms with van der Waals surface area (Å²) in [5.41, 5.74) is 0. The molecule has 3 nitrogen and oxygen atoms in total. The summed E-state index contributed by atoms with van der Waals surface area (Å²) in [6.45, 7) is 1.01. The molecule has 5 saturated carbocycles. The van der Waals surface area contributed by atoms with E-state index < -0.39 is 0 Å². The normalized spacial score (nSPS) is 48.0. The molecule has 1 aliphatic heterocycles. The molecule has 6 rings (SSSR count). The van der Waals surface area contributed by atoms with Crippen LogP contribution in [0.3, 0.4) is 0 Å². The Hall–Kier alpha value is -0.730. The zero-order valence-electron chi connectivity index (χ0n) is 13.7. The Morgan fingerprint density at radius 2 is 1.45 bits per heavy atom. The molecule has 4 bridgehead atoms. The van der Waals surface area contributed by atoms with E-state index in [1.807, 2.05) is 0 Å². The molecule has 0 aromatic heterocycles. The summed E-state index contributed by atoms with van der Waals surface area (Å²) in [5.74, 6) is 4.40. The number of rotatable bonds is 2. The van der Waals surface area contributed by atoms with Crippen LogP contribution in [-0.4, -0.2) is 29.6 Å². The minimum absolute atomic E-state index is 0.271. The van der Waals surface area contributed by atoms with E-state index in [2.05, 4.69) is 10.2 Å². The number of amides is 2. The van der Waals surface area contributed by atoms with Gasteiger partial charge in [-0.15, -0.1) is 0 Å². The van der Waals surface area contributed by atoms with Crippen LogP contribution in [0, 0.1) is 29.6 Å². The summed E-state index contributed by atoms with van der Waals surface area (Å²) in [4.78, 5) is 15.0. The molecule has 0 spiro atoms. The van der Waals surface area contributed by atoms with Gasteiger partial charge >= 0.3 is 6.03 Å². The van der Waals surface area contributed by atoms with Crippen LogP contribution >= 0.6 is 0 Å². The molecule has 2 amide bonds. The Balaban J connectivity index is 1.32. The number of urea groups is 1. The molecule has 1 atom stereocenters.